The van der Waals surface area contributed by atoms with E-state index in [9.17, 15) is 39.6 Å². The largest absolute Gasteiger partial charge is 2.00 e. The van der Waals surface area contributed by atoms with Crippen molar-refractivity contribution >= 4 is 23.9 Å². The molecule has 0 bridgehead atoms. The number of hydrogen-bond donors (Lipinski definition) is 0. The SMILES string of the molecule is O=C([O-])c1cccc(C(=O)[O-])n1.O=C([O-])c1cccc(C(=O)[O-])n1.[O-2].[V].[V].c1ccncc1.c1ccncc1.c1ccncc1.c1ccncc1.c1ccncc1.c1ccncc1. The van der Waals surface area contributed by atoms with Crippen LogP contribution < -0.4 is 20.4 Å². The molecule has 0 saturated heterocycles. The van der Waals surface area contributed by atoms with Gasteiger partial charge in [-0.25, -0.2) is 9.97 Å². The topological polar surface area (TPSA) is 292 Å². The van der Waals surface area contributed by atoms with Crippen molar-refractivity contribution < 1.29 is 82.2 Å². The average Bonchev–Trinajstić information content (AvgIpc) is 3.34. The van der Waals surface area contributed by atoms with E-state index in [0.29, 0.717) is 0 Å². The van der Waals surface area contributed by atoms with Gasteiger partial charge in [-0.3, -0.25) is 29.9 Å². The third-order valence-electron chi connectivity index (χ3n) is 5.73. The number of hydrogen-bond acceptors (Lipinski definition) is 16. The third-order valence-corrected chi connectivity index (χ3v) is 5.73. The summed E-state index contributed by atoms with van der Waals surface area (Å²) >= 11 is 0. The second-order valence-corrected chi connectivity index (χ2v) is 10.1. The zero-order chi connectivity index (χ0) is 43.7. The number of pyridine rings is 8. The molecule has 0 amide bonds. The maximum atomic E-state index is 10.2. The summed E-state index contributed by atoms with van der Waals surface area (Å²) in [6, 6.07) is 41.4. The van der Waals surface area contributed by atoms with Gasteiger partial charge in [-0.05, 0) is 97.1 Å². The molecule has 8 heterocycles. The normalized spacial score (nSPS) is 8.13. The van der Waals surface area contributed by atoms with Crippen LogP contribution in [-0.2, 0) is 42.6 Å². The first kappa shape index (κ1) is 59.5. The van der Waals surface area contributed by atoms with E-state index in [1.165, 1.54) is 12.1 Å². The van der Waals surface area contributed by atoms with Gasteiger partial charge in [0.15, 0.2) is 0 Å². The molecule has 0 N–H and O–H groups in total. The molecule has 0 unspecified atom stereocenters. The van der Waals surface area contributed by atoms with Gasteiger partial charge in [0, 0.05) is 111 Å². The Morgan fingerprint density at radius 2 is 0.413 bits per heavy atom. The Hall–Kier alpha value is -7.79. The molecule has 0 aliphatic heterocycles. The molecule has 8 aromatic rings. The van der Waals surface area contributed by atoms with Crippen molar-refractivity contribution in [2.45, 2.75) is 0 Å². The number of nitrogens with zero attached hydrogens (tertiary/aromatic N) is 8. The van der Waals surface area contributed by atoms with Crippen LogP contribution in [-0.4, -0.2) is 63.7 Å². The standard InChI is InChI=1S/2C7H5NO4.6C5H5N.O.2V/c2*9-6(10)4-2-1-3-5(8-4)7(11)12;6*1-2-4-6-5-3-1;;;/h2*1-3H,(H,9,10)(H,11,12);6*1-5H;;;/q;;;;;;;;-2;;/p-4. The van der Waals surface area contributed by atoms with Gasteiger partial charge < -0.3 is 45.1 Å². The molecule has 0 spiro atoms. The maximum Gasteiger partial charge on any atom is 0.0900 e. The van der Waals surface area contributed by atoms with Gasteiger partial charge >= 0.3 is 0 Å². The molecule has 8 rings (SSSR count). The number of carbonyl (C=O) groups is 4. The number of rotatable bonds is 4. The minimum Gasteiger partial charge on any atom is -2.00 e. The average molecular weight is 923 g/mol. The first-order valence-electron chi connectivity index (χ1n) is 17.1. The van der Waals surface area contributed by atoms with E-state index in [-0.39, 0.29) is 42.6 Å². The van der Waals surface area contributed by atoms with Crippen molar-refractivity contribution in [3.63, 3.8) is 0 Å². The zero-order valence-electron chi connectivity index (χ0n) is 32.9. The summed E-state index contributed by atoms with van der Waals surface area (Å²) in [5.41, 5.74) is -1.68. The molecular weight excluding hydrogens is 886 g/mol. The van der Waals surface area contributed by atoms with Crippen molar-refractivity contribution in [1.29, 1.82) is 0 Å². The predicted octanol–water partition coefficient (Wildman–Crippen LogP) is 1.98. The van der Waals surface area contributed by atoms with Crippen molar-refractivity contribution in [1.82, 2.24) is 39.9 Å². The molecule has 0 atom stereocenters. The molecule has 0 aliphatic carbocycles. The molecule has 63 heavy (non-hydrogen) atoms. The minimum absolute atomic E-state index is 0. The monoisotopic (exact) mass is 922 g/mol. The van der Waals surface area contributed by atoms with Crippen LogP contribution in [0.4, 0.5) is 0 Å². The molecule has 8 aromatic heterocycles. The number of carboxylic acids is 4. The molecule has 0 aromatic carbocycles. The van der Waals surface area contributed by atoms with Crippen LogP contribution in [0.25, 0.3) is 0 Å². The molecule has 2 radical (unpaired) electrons. The van der Waals surface area contributed by atoms with Crippen LogP contribution >= 0.6 is 0 Å². The van der Waals surface area contributed by atoms with Crippen LogP contribution in [0.3, 0.4) is 0 Å². The van der Waals surface area contributed by atoms with E-state index in [2.05, 4.69) is 39.9 Å². The van der Waals surface area contributed by atoms with Gasteiger partial charge in [0.05, 0.1) is 46.7 Å². The van der Waals surface area contributed by atoms with Crippen LogP contribution in [0.15, 0.2) is 220 Å². The second-order valence-electron chi connectivity index (χ2n) is 10.1. The summed E-state index contributed by atoms with van der Waals surface area (Å²) in [4.78, 5) is 70.0. The number of carboxylic acid groups (broad SMARTS) is 4. The van der Waals surface area contributed by atoms with Crippen LogP contribution in [0, 0.1) is 0 Å². The van der Waals surface area contributed by atoms with E-state index >= 15 is 0 Å². The summed E-state index contributed by atoms with van der Waals surface area (Å²) in [5, 5.41) is 40.8. The molecule has 0 saturated carbocycles. The summed E-state index contributed by atoms with van der Waals surface area (Å²) < 4.78 is 0. The summed E-state index contributed by atoms with van der Waals surface area (Å²) in [5.74, 6) is -6.06. The Kier molecular flexibility index (Phi) is 40.0. The van der Waals surface area contributed by atoms with Gasteiger partial charge in [-0.15, -0.1) is 0 Å². The van der Waals surface area contributed by atoms with E-state index in [1.807, 2.05) is 109 Å². The molecule has 0 fully saturated rings. The molecule has 0 aliphatic rings. The van der Waals surface area contributed by atoms with Gasteiger partial charge in [-0.1, -0.05) is 48.5 Å². The fourth-order valence-corrected chi connectivity index (χ4v) is 3.20. The first-order chi connectivity index (χ1) is 29.2. The third kappa shape index (κ3) is 35.8. The quantitative estimate of drug-likeness (QED) is 0.244. The Bertz CT molecular complexity index is 1720. The smallest absolute Gasteiger partial charge is 0.0900 e. The van der Waals surface area contributed by atoms with Gasteiger partial charge in [0.25, 0.3) is 0 Å². The van der Waals surface area contributed by atoms with Gasteiger partial charge in [0.1, 0.15) is 0 Å². The Morgan fingerprint density at radius 3 is 0.492 bits per heavy atom. The van der Waals surface area contributed by atoms with Crippen molar-refractivity contribution in [2.75, 3.05) is 0 Å². The minimum atomic E-state index is -1.52. The van der Waals surface area contributed by atoms with E-state index < -0.39 is 46.7 Å². The van der Waals surface area contributed by atoms with E-state index in [1.54, 1.807) is 74.4 Å². The van der Waals surface area contributed by atoms with Gasteiger partial charge in [0.2, 0.25) is 0 Å². The van der Waals surface area contributed by atoms with E-state index in [0.717, 1.165) is 24.3 Å². The Balaban J connectivity index is -0.000000661. The predicted molar refractivity (Wildman–Crippen MR) is 212 cm³/mol. The Labute approximate surface area is 386 Å². The van der Waals surface area contributed by atoms with Crippen LogP contribution in [0.1, 0.15) is 42.0 Å². The summed E-state index contributed by atoms with van der Waals surface area (Å²) in [6.07, 6.45) is 21.0. The molecule has 19 heteroatoms. The number of aromatic nitrogens is 8. The van der Waals surface area contributed by atoms with Crippen molar-refractivity contribution in [3.05, 3.63) is 243 Å². The number of aromatic carboxylic acids is 4. The summed E-state index contributed by atoms with van der Waals surface area (Å²) in [6.45, 7) is 0. The zero-order valence-corrected chi connectivity index (χ0v) is 35.7. The maximum absolute atomic E-state index is 10.2. The Morgan fingerprint density at radius 1 is 0.270 bits per heavy atom. The number of carbonyl (C=O) groups excluding carboxylic acids is 4. The molecular formula is C44H36N8O9V2-6. The summed E-state index contributed by atoms with van der Waals surface area (Å²) in [7, 11) is 0. The first-order valence-corrected chi connectivity index (χ1v) is 17.1. The second kappa shape index (κ2) is 42.3. The fraction of sp³-hybridized carbons (Fsp3) is 0. The molecule has 17 nitrogen and oxygen atoms in total. The van der Waals surface area contributed by atoms with Crippen LogP contribution in [0.2, 0.25) is 0 Å². The van der Waals surface area contributed by atoms with Gasteiger partial charge in [-0.2, -0.15) is 0 Å². The van der Waals surface area contributed by atoms with Crippen LogP contribution in [0.5, 0.6) is 0 Å². The van der Waals surface area contributed by atoms with E-state index in [4.69, 9.17) is 0 Å². The van der Waals surface area contributed by atoms with Crippen molar-refractivity contribution in [3.8, 4) is 0 Å². The fourth-order valence-electron chi connectivity index (χ4n) is 3.20. The molecule has 322 valence electrons. The van der Waals surface area contributed by atoms with Crippen molar-refractivity contribution in [2.24, 2.45) is 0 Å².